The molecule has 27 heavy (non-hydrogen) atoms. The van der Waals surface area contributed by atoms with E-state index in [4.69, 9.17) is 0 Å². The van der Waals surface area contributed by atoms with Crippen LogP contribution >= 0.6 is 0 Å². The highest BCUT2D eigenvalue weighted by molar-refractivity contribution is 7.89. The highest BCUT2D eigenvalue weighted by Crippen LogP contribution is 2.31. The molecule has 3 rings (SSSR count). The van der Waals surface area contributed by atoms with Crippen molar-refractivity contribution in [2.24, 2.45) is 5.92 Å². The molecule has 1 aromatic rings. The summed E-state index contributed by atoms with van der Waals surface area (Å²) in [4.78, 5) is 28.2. The fourth-order valence-electron chi connectivity index (χ4n) is 3.29. The molecule has 0 atom stereocenters. The molecule has 1 aliphatic heterocycles. The lowest BCUT2D eigenvalue weighted by Crippen LogP contribution is -2.51. The number of rotatable bonds is 6. The monoisotopic (exact) mass is 393 g/mol. The summed E-state index contributed by atoms with van der Waals surface area (Å²) in [5, 5.41) is 0. The Morgan fingerprint density at radius 3 is 2.33 bits per heavy atom. The molecule has 1 saturated carbocycles. The molecule has 1 heterocycles. The molecule has 7 nitrogen and oxygen atoms in total. The zero-order chi connectivity index (χ0) is 19.6. The van der Waals surface area contributed by atoms with Crippen LogP contribution in [0.25, 0.3) is 0 Å². The molecule has 2 amide bonds. The van der Waals surface area contributed by atoms with Crippen molar-refractivity contribution in [2.75, 3.05) is 32.7 Å². The van der Waals surface area contributed by atoms with Gasteiger partial charge in [0.15, 0.2) is 0 Å². The molecule has 2 fully saturated rings. The van der Waals surface area contributed by atoms with Crippen molar-refractivity contribution in [3.05, 3.63) is 29.3 Å². The van der Waals surface area contributed by atoms with Crippen molar-refractivity contribution in [1.82, 2.24) is 14.5 Å². The minimum atomic E-state index is -3.64. The van der Waals surface area contributed by atoms with E-state index >= 15 is 0 Å². The molecule has 0 unspecified atom stereocenters. The van der Waals surface area contributed by atoms with Crippen LogP contribution in [0.3, 0.4) is 0 Å². The predicted molar refractivity (Wildman–Crippen MR) is 102 cm³/mol. The number of piperazine rings is 1. The van der Waals surface area contributed by atoms with Gasteiger partial charge in [-0.25, -0.2) is 13.1 Å². The van der Waals surface area contributed by atoms with Gasteiger partial charge < -0.3 is 9.80 Å². The topological polar surface area (TPSA) is 86.8 Å². The number of amides is 2. The molecule has 1 aromatic carbocycles. The van der Waals surface area contributed by atoms with Gasteiger partial charge in [-0.3, -0.25) is 9.59 Å². The highest BCUT2D eigenvalue weighted by Gasteiger charge is 2.35. The number of hydrogen-bond donors (Lipinski definition) is 1. The van der Waals surface area contributed by atoms with Crippen LogP contribution < -0.4 is 4.72 Å². The Morgan fingerprint density at radius 1 is 1.07 bits per heavy atom. The Morgan fingerprint density at radius 2 is 1.70 bits per heavy atom. The third kappa shape index (κ3) is 4.87. The second kappa shape index (κ2) is 7.98. The first kappa shape index (κ1) is 19.8. The van der Waals surface area contributed by atoms with Crippen molar-refractivity contribution in [1.29, 1.82) is 0 Å². The summed E-state index contributed by atoms with van der Waals surface area (Å²) in [5.41, 5.74) is 1.55. The van der Waals surface area contributed by atoms with Crippen molar-refractivity contribution >= 4 is 21.8 Å². The maximum atomic E-state index is 12.5. The van der Waals surface area contributed by atoms with E-state index in [1.165, 1.54) is 0 Å². The summed E-state index contributed by atoms with van der Waals surface area (Å²) < 4.78 is 27.5. The molecule has 148 valence electrons. The standard InChI is InChI=1S/C19H27N3O4S/c1-14-3-4-15(2)17(13-14)27(25,26)20-8-7-18(23)21-9-11-22(12-10-21)19(24)16-5-6-16/h3-4,13,16,20H,5-12H2,1-2H3. The molecular weight excluding hydrogens is 366 g/mol. The van der Waals surface area contributed by atoms with Crippen molar-refractivity contribution in [2.45, 2.75) is 38.0 Å². The molecule has 1 saturated heterocycles. The summed E-state index contributed by atoms with van der Waals surface area (Å²) in [5.74, 6) is 0.326. The minimum absolute atomic E-state index is 0.0652. The van der Waals surface area contributed by atoms with Crippen molar-refractivity contribution in [3.8, 4) is 0 Å². The molecule has 2 aliphatic rings. The van der Waals surface area contributed by atoms with Crippen LogP contribution in [0.1, 0.15) is 30.4 Å². The van der Waals surface area contributed by atoms with Crippen LogP contribution in [0, 0.1) is 19.8 Å². The van der Waals surface area contributed by atoms with E-state index in [9.17, 15) is 18.0 Å². The largest absolute Gasteiger partial charge is 0.339 e. The van der Waals surface area contributed by atoms with Gasteiger partial charge in [-0.15, -0.1) is 0 Å². The lowest BCUT2D eigenvalue weighted by Gasteiger charge is -2.35. The zero-order valence-corrected chi connectivity index (χ0v) is 16.7. The number of hydrogen-bond acceptors (Lipinski definition) is 4. The van der Waals surface area contributed by atoms with Gasteiger partial charge in [-0.05, 0) is 43.9 Å². The van der Waals surface area contributed by atoms with Crippen molar-refractivity contribution < 1.29 is 18.0 Å². The fourth-order valence-corrected chi connectivity index (χ4v) is 4.65. The smallest absolute Gasteiger partial charge is 0.240 e. The molecule has 8 heteroatoms. The van der Waals surface area contributed by atoms with E-state index in [0.29, 0.717) is 31.7 Å². The Hall–Kier alpha value is -1.93. The lowest BCUT2D eigenvalue weighted by molar-refractivity contribution is -0.140. The number of nitrogens with one attached hydrogen (secondary N) is 1. The number of carbonyl (C=O) groups excluding carboxylic acids is 2. The molecule has 1 N–H and O–H groups in total. The Kier molecular flexibility index (Phi) is 5.86. The number of nitrogens with zero attached hydrogens (tertiary/aromatic N) is 2. The van der Waals surface area contributed by atoms with Gasteiger partial charge in [0.25, 0.3) is 0 Å². The number of carbonyl (C=O) groups is 2. The lowest BCUT2D eigenvalue weighted by atomic mass is 10.2. The van der Waals surface area contributed by atoms with E-state index < -0.39 is 10.0 Å². The molecule has 0 bridgehead atoms. The fraction of sp³-hybridized carbons (Fsp3) is 0.579. The second-order valence-corrected chi connectivity index (χ2v) is 9.13. The van der Waals surface area contributed by atoms with Gasteiger partial charge in [0.2, 0.25) is 21.8 Å². The van der Waals surface area contributed by atoms with E-state index in [1.54, 1.807) is 24.0 Å². The predicted octanol–water partition coefficient (Wildman–Crippen LogP) is 1.05. The average Bonchev–Trinajstić information content (AvgIpc) is 3.48. The SMILES string of the molecule is Cc1ccc(C)c(S(=O)(=O)NCCC(=O)N2CCN(C(=O)C3CC3)CC2)c1. The molecule has 1 aliphatic carbocycles. The van der Waals surface area contributed by atoms with Crippen molar-refractivity contribution in [3.63, 3.8) is 0 Å². The van der Waals surface area contributed by atoms with Crippen LogP contribution in [0.4, 0.5) is 0 Å². The van der Waals surface area contributed by atoms with E-state index in [-0.39, 0.29) is 35.6 Å². The van der Waals surface area contributed by atoms with Crippen LogP contribution in [0.15, 0.2) is 23.1 Å². The average molecular weight is 394 g/mol. The van der Waals surface area contributed by atoms with Crippen LogP contribution in [0.2, 0.25) is 0 Å². The van der Waals surface area contributed by atoms with Gasteiger partial charge in [-0.2, -0.15) is 0 Å². The summed E-state index contributed by atoms with van der Waals surface area (Å²) >= 11 is 0. The first-order valence-electron chi connectivity index (χ1n) is 9.41. The van der Waals surface area contributed by atoms with Gasteiger partial charge in [0.05, 0.1) is 4.90 Å². The van der Waals surface area contributed by atoms with Crippen LogP contribution in [-0.4, -0.2) is 62.8 Å². The summed E-state index contributed by atoms with van der Waals surface area (Å²) in [6, 6.07) is 5.28. The Bertz CT molecular complexity index is 825. The van der Waals surface area contributed by atoms with Gasteiger partial charge in [-0.1, -0.05) is 12.1 Å². The van der Waals surface area contributed by atoms with Crippen LogP contribution in [0.5, 0.6) is 0 Å². The number of benzene rings is 1. The molecule has 0 radical (unpaired) electrons. The Labute approximate surface area is 160 Å². The third-order valence-corrected chi connectivity index (χ3v) is 6.74. The summed E-state index contributed by atoms with van der Waals surface area (Å²) in [6.07, 6.45) is 2.08. The number of sulfonamides is 1. The van der Waals surface area contributed by atoms with Gasteiger partial charge in [0.1, 0.15) is 0 Å². The molecule has 0 aromatic heterocycles. The molecular formula is C19H27N3O4S. The minimum Gasteiger partial charge on any atom is -0.339 e. The Balaban J connectivity index is 1.47. The zero-order valence-electron chi connectivity index (χ0n) is 15.9. The quantitative estimate of drug-likeness (QED) is 0.783. The summed E-state index contributed by atoms with van der Waals surface area (Å²) in [7, 11) is -3.64. The normalized spacial score (nSPS) is 17.9. The van der Waals surface area contributed by atoms with Gasteiger partial charge >= 0.3 is 0 Å². The number of aryl methyl sites for hydroxylation is 2. The highest BCUT2D eigenvalue weighted by atomic mass is 32.2. The van der Waals surface area contributed by atoms with E-state index in [1.807, 2.05) is 17.9 Å². The second-order valence-electron chi connectivity index (χ2n) is 7.40. The van der Waals surface area contributed by atoms with E-state index in [2.05, 4.69) is 4.72 Å². The summed E-state index contributed by atoms with van der Waals surface area (Å²) in [6.45, 7) is 5.82. The van der Waals surface area contributed by atoms with Crippen LogP contribution in [-0.2, 0) is 19.6 Å². The maximum absolute atomic E-state index is 12.5. The molecule has 0 spiro atoms. The van der Waals surface area contributed by atoms with E-state index in [0.717, 1.165) is 18.4 Å². The first-order chi connectivity index (χ1) is 12.8. The third-order valence-electron chi connectivity index (χ3n) is 5.13. The van der Waals surface area contributed by atoms with Gasteiger partial charge in [0, 0.05) is 45.1 Å². The maximum Gasteiger partial charge on any atom is 0.240 e. The first-order valence-corrected chi connectivity index (χ1v) is 10.9.